The smallest absolute Gasteiger partial charge is 0.0235 e. The lowest BCUT2D eigenvalue weighted by molar-refractivity contribution is -0.241. The van der Waals surface area contributed by atoms with E-state index < -0.39 is 0 Å². The molecule has 0 aromatic rings. The highest BCUT2D eigenvalue weighted by molar-refractivity contribution is 5.19. The van der Waals surface area contributed by atoms with Gasteiger partial charge in [0.15, 0.2) is 0 Å². The summed E-state index contributed by atoms with van der Waals surface area (Å²) in [5, 5.41) is 0. The molecule has 5 saturated carbocycles. The summed E-state index contributed by atoms with van der Waals surface area (Å²) < 4.78 is 0. The van der Waals surface area contributed by atoms with Crippen LogP contribution < -0.4 is 0 Å². The third-order valence-electron chi connectivity index (χ3n) is 15.0. The van der Waals surface area contributed by atoms with Crippen LogP contribution in [0.1, 0.15) is 158 Å². The molecule has 5 aliphatic carbocycles. The van der Waals surface area contributed by atoms with Crippen molar-refractivity contribution in [2.45, 2.75) is 158 Å². The first-order valence-electron chi connectivity index (χ1n) is 16.4. The first-order valence-corrected chi connectivity index (χ1v) is 16.4. The molecule has 10 atom stereocenters. The van der Waals surface area contributed by atoms with Crippen LogP contribution in [0.15, 0.2) is 0 Å². The highest BCUT2D eigenvalue weighted by atomic mass is 14.7. The Kier molecular flexibility index (Phi) is 6.87. The average Bonchev–Trinajstić information content (AvgIpc) is 3.13. The zero-order chi connectivity index (χ0) is 25.3. The van der Waals surface area contributed by atoms with Crippen LogP contribution in [0.3, 0.4) is 0 Å². The van der Waals surface area contributed by atoms with Crippen molar-refractivity contribution in [3.05, 3.63) is 0 Å². The molecule has 5 aliphatic rings. The van der Waals surface area contributed by atoms with Gasteiger partial charge in [0.05, 0.1) is 0 Å². The van der Waals surface area contributed by atoms with Crippen molar-refractivity contribution in [1.29, 1.82) is 0 Å². The fourth-order valence-electron chi connectivity index (χ4n) is 13.1. The normalized spacial score (nSPS) is 51.6. The lowest BCUT2D eigenvalue weighted by Crippen LogP contribution is -2.65. The zero-order valence-corrected chi connectivity index (χ0v) is 25.3. The predicted molar refractivity (Wildman–Crippen MR) is 152 cm³/mol. The third kappa shape index (κ3) is 3.78. The van der Waals surface area contributed by atoms with Crippen LogP contribution in [0.4, 0.5) is 0 Å². The molecular weight excluding hydrogens is 420 g/mol. The van der Waals surface area contributed by atoms with Crippen molar-refractivity contribution < 1.29 is 0 Å². The van der Waals surface area contributed by atoms with Crippen LogP contribution in [-0.2, 0) is 0 Å². The van der Waals surface area contributed by atoms with Crippen molar-refractivity contribution in [3.8, 4) is 0 Å². The fourth-order valence-corrected chi connectivity index (χ4v) is 13.1. The van der Waals surface area contributed by atoms with E-state index in [0.29, 0.717) is 27.1 Å². The van der Waals surface area contributed by atoms with Crippen LogP contribution in [0.25, 0.3) is 0 Å². The molecule has 202 valence electrons. The largest absolute Gasteiger partial charge is 0.0654 e. The van der Waals surface area contributed by atoms with E-state index in [1.54, 1.807) is 19.3 Å². The first kappa shape index (κ1) is 26.6. The first-order chi connectivity index (χ1) is 16.4. The zero-order valence-electron chi connectivity index (χ0n) is 25.3. The van der Waals surface area contributed by atoms with Crippen molar-refractivity contribution in [3.63, 3.8) is 0 Å². The van der Waals surface area contributed by atoms with Gasteiger partial charge in [-0.1, -0.05) is 93.9 Å². The second-order valence-corrected chi connectivity index (χ2v) is 16.6. The van der Waals surface area contributed by atoms with Gasteiger partial charge in [0.2, 0.25) is 0 Å². The van der Waals surface area contributed by atoms with Crippen LogP contribution in [-0.4, -0.2) is 0 Å². The van der Waals surface area contributed by atoms with Crippen LogP contribution in [0.2, 0.25) is 0 Å². The van der Waals surface area contributed by atoms with Gasteiger partial charge in [-0.25, -0.2) is 0 Å². The molecule has 0 unspecified atom stereocenters. The van der Waals surface area contributed by atoms with Gasteiger partial charge in [-0.15, -0.1) is 0 Å². The Balaban J connectivity index is 1.38. The number of rotatable bonds is 6. The van der Waals surface area contributed by atoms with E-state index in [4.69, 9.17) is 0 Å². The third-order valence-corrected chi connectivity index (χ3v) is 15.0. The molecule has 0 heteroatoms. The average molecular weight is 483 g/mol. The van der Waals surface area contributed by atoms with Gasteiger partial charge in [0, 0.05) is 0 Å². The van der Waals surface area contributed by atoms with Gasteiger partial charge in [0.25, 0.3) is 0 Å². The minimum Gasteiger partial charge on any atom is -0.0654 e. The lowest BCUT2D eigenvalue weighted by Gasteiger charge is -2.73. The van der Waals surface area contributed by atoms with Gasteiger partial charge in [-0.05, 0) is 127 Å². The molecule has 0 spiro atoms. The Labute approximate surface area is 220 Å². The van der Waals surface area contributed by atoms with Crippen LogP contribution in [0, 0.1) is 62.6 Å². The molecule has 5 fully saturated rings. The van der Waals surface area contributed by atoms with Crippen molar-refractivity contribution in [1.82, 2.24) is 0 Å². The molecule has 0 aromatic heterocycles. The molecule has 0 aliphatic heterocycles. The second-order valence-electron chi connectivity index (χ2n) is 16.6. The molecule has 0 heterocycles. The lowest BCUT2D eigenvalue weighted by atomic mass is 9.32. The molecule has 0 nitrogen and oxygen atoms in total. The molecule has 0 bridgehead atoms. The summed E-state index contributed by atoms with van der Waals surface area (Å²) in [6, 6.07) is 0. The minimum absolute atomic E-state index is 0.557. The Morgan fingerprint density at radius 3 is 1.97 bits per heavy atom. The van der Waals surface area contributed by atoms with Crippen LogP contribution >= 0.6 is 0 Å². The Bertz CT molecular complexity index is 764. The maximum Gasteiger partial charge on any atom is -0.0235 e. The molecular formula is C35H62. The van der Waals surface area contributed by atoms with E-state index in [9.17, 15) is 0 Å². The number of fused-ring (bicyclic) bond motifs is 7. The molecule has 0 radical (unpaired) electrons. The summed E-state index contributed by atoms with van der Waals surface area (Å²) in [7, 11) is 0. The Morgan fingerprint density at radius 1 is 0.629 bits per heavy atom. The summed E-state index contributed by atoms with van der Waals surface area (Å²) in [4.78, 5) is 0. The van der Waals surface area contributed by atoms with Gasteiger partial charge < -0.3 is 0 Å². The van der Waals surface area contributed by atoms with Gasteiger partial charge in [0.1, 0.15) is 0 Å². The summed E-state index contributed by atoms with van der Waals surface area (Å²) in [6.07, 6.45) is 24.0. The maximum absolute atomic E-state index is 2.84. The topological polar surface area (TPSA) is 0 Å². The van der Waals surface area contributed by atoms with E-state index in [1.807, 2.05) is 0 Å². The predicted octanol–water partition coefficient (Wildman–Crippen LogP) is 11.1. The van der Waals surface area contributed by atoms with Crippen molar-refractivity contribution >= 4 is 0 Å². The van der Waals surface area contributed by atoms with Gasteiger partial charge in [-0.2, -0.15) is 0 Å². The summed E-state index contributed by atoms with van der Waals surface area (Å²) in [5.74, 6) is 5.88. The van der Waals surface area contributed by atoms with E-state index in [0.717, 1.165) is 35.5 Å². The van der Waals surface area contributed by atoms with E-state index >= 15 is 0 Å². The Morgan fingerprint density at radius 2 is 1.29 bits per heavy atom. The highest BCUT2D eigenvalue weighted by Gasteiger charge is 2.70. The summed E-state index contributed by atoms with van der Waals surface area (Å²) in [5.41, 5.74) is 2.89. The van der Waals surface area contributed by atoms with E-state index in [2.05, 4.69) is 55.4 Å². The molecule has 35 heavy (non-hydrogen) atoms. The Hall–Kier alpha value is 0. The summed E-state index contributed by atoms with van der Waals surface area (Å²) in [6.45, 7) is 21.5. The molecule has 0 amide bonds. The summed E-state index contributed by atoms with van der Waals surface area (Å²) >= 11 is 0. The molecule has 0 N–H and O–H groups in total. The monoisotopic (exact) mass is 482 g/mol. The molecule has 0 aromatic carbocycles. The van der Waals surface area contributed by atoms with Gasteiger partial charge >= 0.3 is 0 Å². The van der Waals surface area contributed by atoms with Crippen LogP contribution in [0.5, 0.6) is 0 Å². The van der Waals surface area contributed by atoms with Crippen molar-refractivity contribution in [2.24, 2.45) is 62.6 Å². The number of unbranched alkanes of at least 4 members (excludes halogenated alkanes) is 3. The van der Waals surface area contributed by atoms with E-state index in [1.165, 1.54) is 83.5 Å². The van der Waals surface area contributed by atoms with Gasteiger partial charge in [-0.3, -0.25) is 0 Å². The molecule has 0 saturated heterocycles. The van der Waals surface area contributed by atoms with E-state index in [-0.39, 0.29) is 0 Å². The highest BCUT2D eigenvalue weighted by Crippen LogP contribution is 2.78. The molecule has 5 rings (SSSR count). The standard InChI is InChI=1S/C35H62/c1-9-10-11-12-14-25(2)26-17-22-32(5)27(26)18-23-34(7)29(32)15-16-30-33(6)21-13-20-31(3,4)28(33)19-24-35(30,34)8/h25-30H,9-24H2,1-8H3/t25-,26-,27+,28-,29+,30+,32-,33-,34+,35+/m0/s1. The number of hydrogen-bond acceptors (Lipinski definition) is 0. The minimum atomic E-state index is 0.557. The quantitative estimate of drug-likeness (QED) is 0.330. The SMILES string of the molecule is CCCCCC[C@H](C)[C@@H]1CC[C@@]2(C)[C@@H]1CC[C@]1(C)[C@@H]2CC[C@@H]2[C@@]3(C)CCCC(C)(C)[C@@H]3CC[C@]21C. The second kappa shape index (κ2) is 9.04. The maximum atomic E-state index is 2.84. The fraction of sp³-hybridized carbons (Fsp3) is 1.00. The number of hydrogen-bond donors (Lipinski definition) is 0. The van der Waals surface area contributed by atoms with Crippen molar-refractivity contribution in [2.75, 3.05) is 0 Å².